The van der Waals surface area contributed by atoms with Gasteiger partial charge in [-0.05, 0) is 50.3 Å². The topological polar surface area (TPSA) is 68.5 Å². The molecule has 2 heterocycles. The first-order chi connectivity index (χ1) is 11.9. The minimum Gasteiger partial charge on any atom is -0.506 e. The van der Waals surface area contributed by atoms with Gasteiger partial charge in [-0.25, -0.2) is 4.79 Å². The van der Waals surface area contributed by atoms with Gasteiger partial charge in [0.05, 0.1) is 17.3 Å². The van der Waals surface area contributed by atoms with E-state index in [1.165, 1.54) is 6.07 Å². The number of esters is 1. The Bertz CT molecular complexity index is 943. The summed E-state index contributed by atoms with van der Waals surface area (Å²) in [5, 5.41) is 10.2. The summed E-state index contributed by atoms with van der Waals surface area (Å²) in [5.41, 5.74) is 2.08. The molecule has 1 aliphatic carbocycles. The molecule has 1 fully saturated rings. The molecule has 5 nitrogen and oxygen atoms in total. The lowest BCUT2D eigenvalue weighted by Crippen LogP contribution is -2.46. The third kappa shape index (κ3) is 2.37. The first kappa shape index (κ1) is 16.2. The van der Waals surface area contributed by atoms with Gasteiger partial charge in [0.25, 0.3) is 0 Å². The number of pyridine rings is 1. The molecule has 2 aromatic rings. The maximum absolute atomic E-state index is 12.5. The van der Waals surface area contributed by atoms with E-state index in [9.17, 15) is 14.7 Å². The van der Waals surface area contributed by atoms with E-state index in [-0.39, 0.29) is 33.9 Å². The Morgan fingerprint density at radius 3 is 2.76 bits per heavy atom. The van der Waals surface area contributed by atoms with Crippen molar-refractivity contribution in [3.8, 4) is 17.0 Å². The monoisotopic (exact) mass is 359 g/mol. The fourth-order valence-corrected chi connectivity index (χ4v) is 4.09. The van der Waals surface area contributed by atoms with Crippen LogP contribution in [-0.2, 0) is 16.7 Å². The van der Waals surface area contributed by atoms with Crippen LogP contribution < -0.4 is 5.43 Å². The number of aromatic hydroxyl groups is 1. The molecule has 1 N–H and O–H groups in total. The Morgan fingerprint density at radius 2 is 2.12 bits per heavy atom. The number of benzene rings is 1. The molecule has 0 amide bonds. The average Bonchev–Trinajstić information content (AvgIpc) is 2.54. The van der Waals surface area contributed by atoms with Gasteiger partial charge in [0, 0.05) is 23.4 Å². The lowest BCUT2D eigenvalue weighted by atomic mass is 9.69. The quantitative estimate of drug-likeness (QED) is 0.833. The van der Waals surface area contributed by atoms with Gasteiger partial charge in [-0.1, -0.05) is 11.6 Å². The number of fused-ring (bicyclic) bond motifs is 4. The summed E-state index contributed by atoms with van der Waals surface area (Å²) in [6, 6.07) is 4.86. The second-order valence-electron chi connectivity index (χ2n) is 6.74. The van der Waals surface area contributed by atoms with Crippen LogP contribution in [0, 0.1) is 0 Å². The van der Waals surface area contributed by atoms with Crippen LogP contribution in [0.15, 0.2) is 29.2 Å². The molecular formula is C19H18ClNO4. The summed E-state index contributed by atoms with van der Waals surface area (Å²) in [6.07, 6.45) is 5.40. The third-order valence-electron chi connectivity index (χ3n) is 5.31. The minimum absolute atomic E-state index is 0.0498. The third-order valence-corrected chi connectivity index (χ3v) is 5.61. The number of ether oxygens (including phenoxy) is 1. The van der Waals surface area contributed by atoms with Crippen LogP contribution in [0.5, 0.6) is 5.75 Å². The van der Waals surface area contributed by atoms with E-state index >= 15 is 0 Å². The maximum Gasteiger partial charge on any atom is 0.343 e. The molecule has 25 heavy (non-hydrogen) atoms. The zero-order valence-electron chi connectivity index (χ0n) is 13.8. The molecule has 0 atom stereocenters. The number of carbonyl (C=O) groups is 1. The predicted molar refractivity (Wildman–Crippen MR) is 94.3 cm³/mol. The fraction of sp³-hybridized carbons (Fsp3) is 0.368. The largest absolute Gasteiger partial charge is 0.506 e. The van der Waals surface area contributed by atoms with Crippen LogP contribution in [0.4, 0.5) is 0 Å². The Labute approximate surface area is 149 Å². The maximum atomic E-state index is 12.5. The van der Waals surface area contributed by atoms with Gasteiger partial charge in [-0.2, -0.15) is 0 Å². The van der Waals surface area contributed by atoms with Crippen LogP contribution >= 0.6 is 11.6 Å². The number of hydrogen-bond acceptors (Lipinski definition) is 4. The second kappa shape index (κ2) is 5.63. The van der Waals surface area contributed by atoms with Crippen molar-refractivity contribution in [2.45, 2.75) is 38.1 Å². The molecule has 0 radical (unpaired) electrons. The van der Waals surface area contributed by atoms with Gasteiger partial charge in [0.2, 0.25) is 0 Å². The molecule has 1 spiro atoms. The van der Waals surface area contributed by atoms with Crippen molar-refractivity contribution in [1.29, 1.82) is 0 Å². The highest BCUT2D eigenvalue weighted by molar-refractivity contribution is 6.32. The zero-order valence-corrected chi connectivity index (χ0v) is 14.6. The minimum atomic E-state index is -0.591. The predicted octanol–water partition coefficient (Wildman–Crippen LogP) is 3.49. The Balaban J connectivity index is 1.96. The lowest BCUT2D eigenvalue weighted by Gasteiger charge is -2.48. The van der Waals surface area contributed by atoms with Gasteiger partial charge < -0.3 is 14.4 Å². The van der Waals surface area contributed by atoms with Gasteiger partial charge in [-0.15, -0.1) is 0 Å². The van der Waals surface area contributed by atoms with Gasteiger partial charge in [0.1, 0.15) is 11.3 Å². The molecular weight excluding hydrogens is 342 g/mol. The Hall–Kier alpha value is -2.27. The molecule has 130 valence electrons. The van der Waals surface area contributed by atoms with Crippen LogP contribution in [0.2, 0.25) is 5.02 Å². The molecule has 6 heteroatoms. The van der Waals surface area contributed by atoms with Gasteiger partial charge >= 0.3 is 5.97 Å². The van der Waals surface area contributed by atoms with Crippen LogP contribution in [0.25, 0.3) is 11.3 Å². The van der Waals surface area contributed by atoms with E-state index in [4.69, 9.17) is 16.3 Å². The standard InChI is InChI=1S/C19H18ClNO4/c1-2-25-18(24)13-10-21-15(8-16(13)22)12-7-14(20)17(23)6-11(12)9-19(21)4-3-5-19/h6-8,10,23H,2-5,9H2,1H3. The SMILES string of the molecule is CCOC(=O)c1cn2c(cc1=O)-c1cc(Cl)c(O)cc1CC21CCC1. The molecule has 1 aliphatic heterocycles. The van der Waals surface area contributed by atoms with E-state index in [1.54, 1.807) is 25.3 Å². The van der Waals surface area contributed by atoms with Gasteiger partial charge in [0.15, 0.2) is 5.43 Å². The van der Waals surface area contributed by atoms with Crippen molar-refractivity contribution in [3.63, 3.8) is 0 Å². The second-order valence-corrected chi connectivity index (χ2v) is 7.15. The number of phenolic OH excluding ortho intramolecular Hbond substituents is 1. The van der Waals surface area contributed by atoms with Crippen molar-refractivity contribution in [2.24, 2.45) is 0 Å². The van der Waals surface area contributed by atoms with Crippen molar-refractivity contribution in [3.05, 3.63) is 50.8 Å². The molecule has 4 rings (SSSR count). The fourth-order valence-electron chi connectivity index (χ4n) is 3.93. The Morgan fingerprint density at radius 1 is 1.36 bits per heavy atom. The number of halogens is 1. The van der Waals surface area contributed by atoms with E-state index < -0.39 is 5.97 Å². The summed E-state index contributed by atoms with van der Waals surface area (Å²) in [4.78, 5) is 24.6. The zero-order chi connectivity index (χ0) is 17.8. The van der Waals surface area contributed by atoms with Crippen molar-refractivity contribution in [1.82, 2.24) is 4.57 Å². The highest BCUT2D eigenvalue weighted by atomic mass is 35.5. The smallest absolute Gasteiger partial charge is 0.343 e. The van der Waals surface area contributed by atoms with Crippen LogP contribution in [-0.4, -0.2) is 22.2 Å². The molecule has 0 bridgehead atoms. The Kier molecular flexibility index (Phi) is 3.65. The number of nitrogens with zero attached hydrogens (tertiary/aromatic N) is 1. The molecule has 0 unspecified atom stereocenters. The van der Waals surface area contributed by atoms with Crippen molar-refractivity contribution in [2.75, 3.05) is 6.61 Å². The number of hydrogen-bond donors (Lipinski definition) is 1. The van der Waals surface area contributed by atoms with Crippen molar-refractivity contribution < 1.29 is 14.6 Å². The molecule has 0 saturated heterocycles. The summed E-state index contributed by atoms with van der Waals surface area (Å²) in [7, 11) is 0. The number of aromatic nitrogens is 1. The van der Waals surface area contributed by atoms with Crippen LogP contribution in [0.1, 0.15) is 42.1 Å². The average molecular weight is 360 g/mol. The van der Waals surface area contributed by atoms with Crippen molar-refractivity contribution >= 4 is 17.6 Å². The highest BCUT2D eigenvalue weighted by Gasteiger charge is 2.43. The number of rotatable bonds is 2. The summed E-state index contributed by atoms with van der Waals surface area (Å²) in [6.45, 7) is 1.94. The number of phenols is 1. The normalized spacial score (nSPS) is 16.7. The first-order valence-electron chi connectivity index (χ1n) is 8.41. The molecule has 2 aliphatic rings. The van der Waals surface area contributed by atoms with E-state index in [0.29, 0.717) is 0 Å². The highest BCUT2D eigenvalue weighted by Crippen LogP contribution is 2.50. The summed E-state index contributed by atoms with van der Waals surface area (Å²) < 4.78 is 7.06. The van der Waals surface area contributed by atoms with E-state index in [0.717, 1.165) is 42.5 Å². The lowest BCUT2D eigenvalue weighted by molar-refractivity contribution is 0.0521. The number of carbonyl (C=O) groups excluding carboxylic acids is 1. The van der Waals surface area contributed by atoms with E-state index in [1.807, 2.05) is 4.57 Å². The first-order valence-corrected chi connectivity index (χ1v) is 8.79. The molecule has 1 saturated carbocycles. The molecule has 1 aromatic carbocycles. The van der Waals surface area contributed by atoms with Gasteiger partial charge in [-0.3, -0.25) is 4.79 Å². The molecule has 1 aromatic heterocycles. The summed E-state index contributed by atoms with van der Waals surface area (Å²) >= 11 is 6.08. The summed E-state index contributed by atoms with van der Waals surface area (Å²) in [5.74, 6) is -0.541. The van der Waals surface area contributed by atoms with E-state index in [2.05, 4.69) is 0 Å². The van der Waals surface area contributed by atoms with Crippen LogP contribution in [0.3, 0.4) is 0 Å².